The van der Waals surface area contributed by atoms with Crippen LogP contribution in [0.3, 0.4) is 0 Å². The number of pyridine rings is 1. The molecule has 11 rings (SSSR count). The van der Waals surface area contributed by atoms with Gasteiger partial charge in [0.05, 0.1) is 38.0 Å². The second kappa shape index (κ2) is 10.1. The minimum absolute atomic E-state index is 0.663. The van der Waals surface area contributed by atoms with Crippen molar-refractivity contribution in [3.63, 3.8) is 0 Å². The third kappa shape index (κ3) is 3.72. The van der Waals surface area contributed by atoms with Crippen LogP contribution in [-0.4, -0.2) is 24.1 Å². The van der Waals surface area contributed by atoms with E-state index in [2.05, 4.69) is 154 Å². The van der Waals surface area contributed by atoms with Gasteiger partial charge in [0.2, 0.25) is 5.95 Å². The van der Waals surface area contributed by atoms with Crippen molar-refractivity contribution in [2.24, 2.45) is 0 Å². The van der Waals surface area contributed by atoms with E-state index in [0.29, 0.717) is 5.95 Å². The maximum Gasteiger partial charge on any atom is 0.235 e. The Morgan fingerprint density at radius 3 is 2.04 bits per heavy atom. The van der Waals surface area contributed by atoms with Crippen molar-refractivity contribution >= 4 is 86.0 Å². The van der Waals surface area contributed by atoms with Crippen LogP contribution in [0.15, 0.2) is 152 Å². The molecule has 0 aliphatic rings. The number of thiophene rings is 1. The third-order valence-corrected chi connectivity index (χ3v) is 11.0. The summed E-state index contributed by atoms with van der Waals surface area (Å²) in [4.78, 5) is 15.3. The van der Waals surface area contributed by atoms with Gasteiger partial charge in [0.25, 0.3) is 0 Å². The second-order valence-corrected chi connectivity index (χ2v) is 13.5. The van der Waals surface area contributed by atoms with Crippen LogP contribution in [0.1, 0.15) is 0 Å². The Labute approximate surface area is 284 Å². The Balaban J connectivity index is 1.32. The van der Waals surface area contributed by atoms with Crippen molar-refractivity contribution in [3.8, 4) is 22.9 Å². The molecule has 5 nitrogen and oxygen atoms in total. The summed E-state index contributed by atoms with van der Waals surface area (Å²) in [5.41, 5.74) is 8.58. The first-order valence-electron chi connectivity index (χ1n) is 16.4. The van der Waals surface area contributed by atoms with Crippen molar-refractivity contribution in [2.45, 2.75) is 0 Å². The highest BCUT2D eigenvalue weighted by atomic mass is 32.1. The van der Waals surface area contributed by atoms with Crippen molar-refractivity contribution in [2.75, 3.05) is 0 Å². The summed E-state index contributed by atoms with van der Waals surface area (Å²) in [7, 11) is 0. The molecule has 0 radical (unpaired) electrons. The fourth-order valence-electron chi connectivity index (χ4n) is 7.78. The van der Waals surface area contributed by atoms with Crippen LogP contribution in [0.5, 0.6) is 0 Å². The topological polar surface area (TPSA) is 48.5 Å². The molecule has 0 amide bonds. The Bertz CT molecular complexity index is 3110. The van der Waals surface area contributed by atoms with E-state index >= 15 is 0 Å². The van der Waals surface area contributed by atoms with Crippen molar-refractivity contribution in [1.82, 2.24) is 24.1 Å². The summed E-state index contributed by atoms with van der Waals surface area (Å²) in [6.07, 6.45) is 3.73. The third-order valence-electron chi connectivity index (χ3n) is 9.84. The van der Waals surface area contributed by atoms with E-state index in [1.54, 1.807) is 11.3 Å². The van der Waals surface area contributed by atoms with E-state index in [1.807, 2.05) is 12.4 Å². The first-order chi connectivity index (χ1) is 24.3. The van der Waals surface area contributed by atoms with E-state index in [4.69, 9.17) is 9.97 Å². The van der Waals surface area contributed by atoms with Crippen LogP contribution in [-0.2, 0) is 0 Å². The van der Waals surface area contributed by atoms with Crippen LogP contribution in [0.25, 0.3) is 97.6 Å². The first-order valence-corrected chi connectivity index (χ1v) is 17.2. The van der Waals surface area contributed by atoms with Gasteiger partial charge in [0.1, 0.15) is 0 Å². The summed E-state index contributed by atoms with van der Waals surface area (Å²) >= 11 is 1.77. The molecule has 0 N–H and O–H groups in total. The fraction of sp³-hybridized carbons (Fsp3) is 0. The minimum atomic E-state index is 0.663. The van der Waals surface area contributed by atoms with Gasteiger partial charge >= 0.3 is 0 Å². The molecule has 6 heteroatoms. The molecule has 0 saturated carbocycles. The molecule has 0 fully saturated rings. The van der Waals surface area contributed by atoms with E-state index < -0.39 is 0 Å². The zero-order valence-electron chi connectivity index (χ0n) is 26.1. The molecule has 0 unspecified atom stereocenters. The Morgan fingerprint density at radius 2 is 1.18 bits per heavy atom. The molecule has 49 heavy (non-hydrogen) atoms. The highest BCUT2D eigenvalue weighted by Crippen LogP contribution is 2.44. The van der Waals surface area contributed by atoms with E-state index in [0.717, 1.165) is 60.0 Å². The minimum Gasteiger partial charge on any atom is -0.308 e. The Morgan fingerprint density at radius 1 is 0.490 bits per heavy atom. The van der Waals surface area contributed by atoms with Gasteiger partial charge in [-0.25, -0.2) is 9.97 Å². The van der Waals surface area contributed by atoms with E-state index in [1.165, 1.54) is 31.6 Å². The molecule has 0 aliphatic heterocycles. The lowest BCUT2D eigenvalue weighted by Crippen LogP contribution is -2.03. The number of aromatic nitrogens is 5. The molecule has 0 spiro atoms. The normalized spacial score (nSPS) is 12.1. The number of rotatable bonds is 3. The van der Waals surface area contributed by atoms with Crippen molar-refractivity contribution in [3.05, 3.63) is 152 Å². The summed E-state index contributed by atoms with van der Waals surface area (Å²) in [5, 5.41) is 8.28. The summed E-state index contributed by atoms with van der Waals surface area (Å²) < 4.78 is 6.95. The fourth-order valence-corrected chi connectivity index (χ4v) is 8.92. The average molecular weight is 644 g/mol. The smallest absolute Gasteiger partial charge is 0.235 e. The van der Waals surface area contributed by atoms with Gasteiger partial charge in [-0.05, 0) is 47.2 Å². The van der Waals surface area contributed by atoms with Crippen molar-refractivity contribution < 1.29 is 0 Å². The quantitative estimate of drug-likeness (QED) is 0.192. The molecule has 0 atom stereocenters. The highest BCUT2D eigenvalue weighted by Gasteiger charge is 2.24. The summed E-state index contributed by atoms with van der Waals surface area (Å²) in [6, 6.07) is 49.6. The molecule has 228 valence electrons. The molecule has 0 aliphatic carbocycles. The Hall–Kier alpha value is -6.37. The second-order valence-electron chi connectivity index (χ2n) is 12.4. The Kier molecular flexibility index (Phi) is 5.48. The lowest BCUT2D eigenvalue weighted by atomic mass is 10.0. The average Bonchev–Trinajstić information content (AvgIpc) is 3.82. The lowest BCUT2D eigenvalue weighted by molar-refractivity contribution is 1.02. The largest absolute Gasteiger partial charge is 0.308 e. The molecular formula is C43H25N5S. The summed E-state index contributed by atoms with van der Waals surface area (Å²) in [5.74, 6) is 0.663. The number of hydrogen-bond donors (Lipinski definition) is 0. The van der Waals surface area contributed by atoms with Crippen LogP contribution in [0, 0.1) is 0 Å². The maximum absolute atomic E-state index is 5.51. The number of para-hydroxylation sites is 2. The highest BCUT2D eigenvalue weighted by molar-refractivity contribution is 7.26. The molecule has 5 aromatic heterocycles. The molecule has 0 bridgehead atoms. The predicted molar refractivity (Wildman–Crippen MR) is 204 cm³/mol. The number of nitrogens with zero attached hydrogens (tertiary/aromatic N) is 5. The number of fused-ring (bicyclic) bond motifs is 11. The molecule has 11 aromatic rings. The van der Waals surface area contributed by atoms with Crippen LogP contribution >= 0.6 is 11.3 Å². The van der Waals surface area contributed by atoms with Gasteiger partial charge in [0.15, 0.2) is 0 Å². The SMILES string of the molecule is c1ccc2c(-c3nc(-n4c5ccccc5c5c4ccc4c6ccccc6n(-c6ccncc6)c45)nc4c3sc3ccccc34)cccc2c1. The zero-order chi connectivity index (χ0) is 32.1. The predicted octanol–water partition coefficient (Wildman–Crippen LogP) is 11.3. The number of hydrogen-bond acceptors (Lipinski definition) is 4. The van der Waals surface area contributed by atoms with Crippen LogP contribution in [0.4, 0.5) is 0 Å². The van der Waals surface area contributed by atoms with E-state index in [9.17, 15) is 0 Å². The molecule has 0 saturated heterocycles. The van der Waals surface area contributed by atoms with Crippen LogP contribution < -0.4 is 0 Å². The van der Waals surface area contributed by atoms with Gasteiger partial charge in [-0.3, -0.25) is 9.55 Å². The maximum atomic E-state index is 5.51. The van der Waals surface area contributed by atoms with Crippen molar-refractivity contribution in [1.29, 1.82) is 0 Å². The zero-order valence-corrected chi connectivity index (χ0v) is 26.9. The van der Waals surface area contributed by atoms with Gasteiger partial charge < -0.3 is 4.57 Å². The summed E-state index contributed by atoms with van der Waals surface area (Å²) in [6.45, 7) is 0. The first kappa shape index (κ1) is 26.7. The standard InChI is InChI=1S/C43H25N5S/c1-2-12-28-26(10-1)11-9-16-30(28)39-42-40(33-15-5-8-19-37(33)49-42)46-43(45-39)48-35-18-7-4-14-32(35)38-36(48)21-20-31-29-13-3-6-17-34(29)47(41(31)38)27-22-24-44-25-23-27/h1-25H. The van der Waals surface area contributed by atoms with Gasteiger partial charge in [0, 0.05) is 55.3 Å². The van der Waals surface area contributed by atoms with Crippen LogP contribution in [0.2, 0.25) is 0 Å². The number of benzene rings is 6. The van der Waals surface area contributed by atoms with Gasteiger partial charge in [-0.1, -0.05) is 103 Å². The monoisotopic (exact) mass is 643 g/mol. The molecular weight excluding hydrogens is 619 g/mol. The van der Waals surface area contributed by atoms with E-state index in [-0.39, 0.29) is 0 Å². The molecule has 6 aromatic carbocycles. The lowest BCUT2D eigenvalue weighted by Gasteiger charge is -2.12. The van der Waals surface area contributed by atoms with Gasteiger partial charge in [-0.2, -0.15) is 0 Å². The molecule has 5 heterocycles. The van der Waals surface area contributed by atoms with Gasteiger partial charge in [-0.15, -0.1) is 11.3 Å².